The van der Waals surface area contributed by atoms with Gasteiger partial charge in [0.1, 0.15) is 11.9 Å². The van der Waals surface area contributed by atoms with Crippen LogP contribution < -0.4 is 10.2 Å². The zero-order valence-corrected chi connectivity index (χ0v) is 9.98. The second kappa shape index (κ2) is 6.20. The van der Waals surface area contributed by atoms with Gasteiger partial charge in [-0.15, -0.1) is 0 Å². The smallest absolute Gasteiger partial charge is 0.322 e. The summed E-state index contributed by atoms with van der Waals surface area (Å²) in [6.45, 7) is 2.71. The van der Waals surface area contributed by atoms with Crippen LogP contribution in [0.25, 0.3) is 0 Å². The Labute approximate surface area is 100 Å². The number of nitrogens with one attached hydrogen (secondary N) is 1. The number of carboxylic acids is 1. The molecule has 0 saturated heterocycles. The number of anilines is 1. The van der Waals surface area contributed by atoms with Gasteiger partial charge in [0.15, 0.2) is 0 Å². The first kappa shape index (κ1) is 13.4. The molecular formula is C12H17FN2O2. The van der Waals surface area contributed by atoms with Crippen LogP contribution in [0.1, 0.15) is 6.92 Å². The minimum atomic E-state index is -0.907. The fraction of sp³-hybridized carbons (Fsp3) is 0.417. The van der Waals surface area contributed by atoms with Gasteiger partial charge in [-0.3, -0.25) is 4.79 Å². The molecule has 5 heteroatoms. The molecule has 0 fully saturated rings. The highest BCUT2D eigenvalue weighted by atomic mass is 19.1. The Balaban J connectivity index is 2.69. The minimum Gasteiger partial charge on any atom is -0.480 e. The van der Waals surface area contributed by atoms with E-state index < -0.39 is 12.0 Å². The molecule has 0 radical (unpaired) electrons. The Bertz CT molecular complexity index is 385. The number of hydrogen-bond acceptors (Lipinski definition) is 3. The molecule has 0 aliphatic rings. The largest absolute Gasteiger partial charge is 0.480 e. The molecule has 0 aromatic heterocycles. The number of aliphatic carboxylic acids is 1. The van der Waals surface area contributed by atoms with Crippen LogP contribution in [0, 0.1) is 5.82 Å². The van der Waals surface area contributed by atoms with E-state index >= 15 is 0 Å². The Morgan fingerprint density at radius 1 is 1.59 bits per heavy atom. The van der Waals surface area contributed by atoms with E-state index in [1.54, 1.807) is 24.1 Å². The van der Waals surface area contributed by atoms with E-state index in [2.05, 4.69) is 5.32 Å². The highest BCUT2D eigenvalue weighted by Crippen LogP contribution is 2.13. The molecule has 1 aromatic carbocycles. The van der Waals surface area contributed by atoms with E-state index in [-0.39, 0.29) is 12.4 Å². The summed E-state index contributed by atoms with van der Waals surface area (Å²) >= 11 is 0. The number of likely N-dealkylation sites (N-methyl/N-ethyl adjacent to an activating group) is 2. The fourth-order valence-electron chi connectivity index (χ4n) is 1.57. The molecule has 0 bridgehead atoms. The summed E-state index contributed by atoms with van der Waals surface area (Å²) in [5.41, 5.74) is 0.661. The van der Waals surface area contributed by atoms with E-state index in [0.717, 1.165) is 0 Å². The van der Waals surface area contributed by atoms with Crippen molar-refractivity contribution in [1.29, 1.82) is 0 Å². The molecule has 0 amide bonds. The number of carboxylic acid groups (broad SMARTS) is 1. The molecular weight excluding hydrogens is 223 g/mol. The van der Waals surface area contributed by atoms with Crippen LogP contribution in [0.5, 0.6) is 0 Å². The van der Waals surface area contributed by atoms with E-state index in [0.29, 0.717) is 12.2 Å². The summed E-state index contributed by atoms with van der Waals surface area (Å²) in [7, 11) is 1.74. The normalized spacial score (nSPS) is 12.2. The van der Waals surface area contributed by atoms with Crippen LogP contribution in [0.2, 0.25) is 0 Å². The zero-order chi connectivity index (χ0) is 12.8. The zero-order valence-electron chi connectivity index (χ0n) is 9.98. The summed E-state index contributed by atoms with van der Waals surface area (Å²) in [6, 6.07) is 5.42. The van der Waals surface area contributed by atoms with Crippen LogP contribution >= 0.6 is 0 Å². The van der Waals surface area contributed by atoms with Gasteiger partial charge in [0, 0.05) is 19.3 Å². The van der Waals surface area contributed by atoms with Gasteiger partial charge in [-0.05, 0) is 24.7 Å². The van der Waals surface area contributed by atoms with Crippen molar-refractivity contribution < 1.29 is 14.3 Å². The van der Waals surface area contributed by atoms with Crippen molar-refractivity contribution in [3.63, 3.8) is 0 Å². The van der Waals surface area contributed by atoms with Gasteiger partial charge in [0.25, 0.3) is 0 Å². The average molecular weight is 240 g/mol. The van der Waals surface area contributed by atoms with Gasteiger partial charge >= 0.3 is 5.97 Å². The molecule has 0 saturated carbocycles. The summed E-state index contributed by atoms with van der Waals surface area (Å²) in [6.07, 6.45) is 0. The Morgan fingerprint density at radius 3 is 2.82 bits per heavy atom. The van der Waals surface area contributed by atoms with E-state index in [4.69, 9.17) is 5.11 Å². The van der Waals surface area contributed by atoms with Gasteiger partial charge in [0.05, 0.1) is 0 Å². The van der Waals surface area contributed by atoms with Crippen molar-refractivity contribution in [2.45, 2.75) is 13.0 Å². The summed E-state index contributed by atoms with van der Waals surface area (Å²) in [5, 5.41) is 11.9. The topological polar surface area (TPSA) is 52.6 Å². The van der Waals surface area contributed by atoms with E-state index in [9.17, 15) is 9.18 Å². The predicted molar refractivity (Wildman–Crippen MR) is 64.8 cm³/mol. The van der Waals surface area contributed by atoms with Crippen molar-refractivity contribution in [3.8, 4) is 0 Å². The molecule has 1 unspecified atom stereocenters. The number of hydrogen-bond donors (Lipinski definition) is 2. The van der Waals surface area contributed by atoms with Crippen LogP contribution in [0.4, 0.5) is 10.1 Å². The summed E-state index contributed by atoms with van der Waals surface area (Å²) in [5.74, 6) is -1.24. The molecule has 1 atom stereocenters. The third-order valence-corrected chi connectivity index (χ3v) is 2.45. The second-order valence-corrected chi connectivity index (χ2v) is 3.81. The molecule has 2 N–H and O–H groups in total. The van der Waals surface area contributed by atoms with Crippen LogP contribution in [0.15, 0.2) is 24.3 Å². The lowest BCUT2D eigenvalue weighted by Crippen LogP contribution is -2.45. The summed E-state index contributed by atoms with van der Waals surface area (Å²) < 4.78 is 13.0. The van der Waals surface area contributed by atoms with Crippen molar-refractivity contribution in [1.82, 2.24) is 5.32 Å². The first-order valence-corrected chi connectivity index (χ1v) is 5.47. The second-order valence-electron chi connectivity index (χ2n) is 3.81. The van der Waals surface area contributed by atoms with Gasteiger partial charge < -0.3 is 15.3 Å². The Hall–Kier alpha value is -1.62. The third kappa shape index (κ3) is 4.03. The number of benzene rings is 1. The lowest BCUT2D eigenvalue weighted by atomic mass is 10.2. The highest BCUT2D eigenvalue weighted by molar-refractivity contribution is 5.74. The molecule has 17 heavy (non-hydrogen) atoms. The fourth-order valence-corrected chi connectivity index (χ4v) is 1.57. The van der Waals surface area contributed by atoms with Gasteiger partial charge in [0.2, 0.25) is 0 Å². The SMILES string of the molecule is CCNC(CN(C)c1cccc(F)c1)C(=O)O. The van der Waals surface area contributed by atoms with E-state index in [1.807, 2.05) is 6.92 Å². The molecule has 0 aliphatic heterocycles. The third-order valence-electron chi connectivity index (χ3n) is 2.45. The van der Waals surface area contributed by atoms with Gasteiger partial charge in [-0.1, -0.05) is 13.0 Å². The van der Waals surface area contributed by atoms with E-state index in [1.165, 1.54) is 12.1 Å². The van der Waals surface area contributed by atoms with Crippen LogP contribution in [0.3, 0.4) is 0 Å². The van der Waals surface area contributed by atoms with Gasteiger partial charge in [-0.2, -0.15) is 0 Å². The van der Waals surface area contributed by atoms with Crippen molar-refractivity contribution >= 4 is 11.7 Å². The highest BCUT2D eigenvalue weighted by Gasteiger charge is 2.18. The molecule has 4 nitrogen and oxygen atoms in total. The lowest BCUT2D eigenvalue weighted by molar-refractivity contribution is -0.139. The maximum Gasteiger partial charge on any atom is 0.322 e. The van der Waals surface area contributed by atoms with Crippen molar-refractivity contribution in [2.75, 3.05) is 25.0 Å². The first-order chi connectivity index (χ1) is 8.04. The molecule has 0 heterocycles. The molecule has 1 aromatic rings. The maximum absolute atomic E-state index is 13.0. The number of carbonyl (C=O) groups is 1. The lowest BCUT2D eigenvalue weighted by Gasteiger charge is -2.23. The predicted octanol–water partition coefficient (Wildman–Crippen LogP) is 1.32. The quantitative estimate of drug-likeness (QED) is 0.787. The molecule has 94 valence electrons. The monoisotopic (exact) mass is 240 g/mol. The Morgan fingerprint density at radius 2 is 2.29 bits per heavy atom. The number of rotatable bonds is 6. The number of halogens is 1. The van der Waals surface area contributed by atoms with Crippen molar-refractivity contribution in [2.24, 2.45) is 0 Å². The maximum atomic E-state index is 13.0. The summed E-state index contributed by atoms with van der Waals surface area (Å²) in [4.78, 5) is 12.7. The van der Waals surface area contributed by atoms with Crippen molar-refractivity contribution in [3.05, 3.63) is 30.1 Å². The van der Waals surface area contributed by atoms with Gasteiger partial charge in [-0.25, -0.2) is 4.39 Å². The molecule has 0 spiro atoms. The van der Waals surface area contributed by atoms with Crippen LogP contribution in [-0.4, -0.2) is 37.3 Å². The molecule has 0 aliphatic carbocycles. The first-order valence-electron chi connectivity index (χ1n) is 5.47. The average Bonchev–Trinajstić information content (AvgIpc) is 2.28. The standard InChI is InChI=1S/C12H17FN2O2/c1-3-14-11(12(16)17)8-15(2)10-6-4-5-9(13)7-10/h4-7,11,14H,3,8H2,1-2H3,(H,16,17). The minimum absolute atomic E-state index is 0.284. The number of nitrogens with zero attached hydrogens (tertiary/aromatic N) is 1. The van der Waals surface area contributed by atoms with Crippen LogP contribution in [-0.2, 0) is 4.79 Å². The molecule has 1 rings (SSSR count). The Kier molecular flexibility index (Phi) is 4.90.